The summed E-state index contributed by atoms with van der Waals surface area (Å²) in [5.74, 6) is 1.46. The number of rotatable bonds is 9. The first kappa shape index (κ1) is 21.0. The molecule has 7 heteroatoms. The number of aromatic nitrogens is 2. The van der Waals surface area contributed by atoms with E-state index in [0.717, 1.165) is 50.2 Å². The fraction of sp³-hybridized carbons (Fsp3) is 0.500. The smallest absolute Gasteiger partial charge is 0.320 e. The summed E-state index contributed by atoms with van der Waals surface area (Å²) in [5.41, 5.74) is 5.53. The van der Waals surface area contributed by atoms with Gasteiger partial charge in [0.25, 0.3) is 0 Å². The van der Waals surface area contributed by atoms with Crippen LogP contribution in [0.15, 0.2) is 46.6 Å². The summed E-state index contributed by atoms with van der Waals surface area (Å²) in [6.45, 7) is 7.91. The largest absolute Gasteiger partial charge is 0.463 e. The highest BCUT2D eigenvalue weighted by atomic mass is 16.5. The highest BCUT2D eigenvalue weighted by molar-refractivity contribution is 5.80. The van der Waals surface area contributed by atoms with Gasteiger partial charge in [0.05, 0.1) is 26.0 Å². The summed E-state index contributed by atoms with van der Waals surface area (Å²) < 4.78 is 11.2. The maximum atomic E-state index is 5.76. The average molecular weight is 398 g/mol. The molecule has 0 unspecified atom stereocenters. The van der Waals surface area contributed by atoms with Gasteiger partial charge in [-0.25, -0.2) is 0 Å². The molecule has 0 spiro atoms. The predicted octanol–water partition coefficient (Wildman–Crippen LogP) is 4.11. The number of allylic oxidation sites excluding steroid dienone is 6. The lowest BCUT2D eigenvalue weighted by Crippen LogP contribution is -2.36. The number of hydrogen-bond acceptors (Lipinski definition) is 7. The van der Waals surface area contributed by atoms with E-state index in [2.05, 4.69) is 63.5 Å². The molecule has 7 nitrogen and oxygen atoms in total. The molecule has 1 saturated heterocycles. The summed E-state index contributed by atoms with van der Waals surface area (Å²) in [5, 5.41) is 4.39. The van der Waals surface area contributed by atoms with Crippen LogP contribution in [0.5, 0.6) is 6.01 Å². The zero-order valence-corrected chi connectivity index (χ0v) is 17.4. The number of nitrogens with one attached hydrogen (secondary N) is 1. The highest BCUT2D eigenvalue weighted by Gasteiger charge is 2.15. The van der Waals surface area contributed by atoms with Crippen molar-refractivity contribution >= 4 is 17.9 Å². The Morgan fingerprint density at radius 2 is 2.14 bits per heavy atom. The van der Waals surface area contributed by atoms with Gasteiger partial charge in [0, 0.05) is 19.2 Å². The minimum absolute atomic E-state index is 0.382. The molecule has 1 aliphatic heterocycles. The van der Waals surface area contributed by atoms with Crippen LogP contribution in [-0.2, 0) is 4.74 Å². The second kappa shape index (κ2) is 11.4. The first-order valence-corrected chi connectivity index (χ1v) is 10.5. The van der Waals surface area contributed by atoms with Crippen LogP contribution < -0.4 is 15.1 Å². The standard InChI is InChI=1S/C22H31N5O2/c1-3-5-13-29-22-24-20(16-21(25-22)27-11-14-28-15-12-27)26-23-17-19-8-6-7-18(4-2)9-10-19/h6-9,16-17H,3-5,10-15H2,1-2H3,(H,24,25,26)/b23-17+. The van der Waals surface area contributed by atoms with E-state index in [1.165, 1.54) is 5.57 Å². The van der Waals surface area contributed by atoms with Crippen molar-refractivity contribution in [1.29, 1.82) is 0 Å². The van der Waals surface area contributed by atoms with Crippen LogP contribution in [0.25, 0.3) is 0 Å². The second-order valence-electron chi connectivity index (χ2n) is 7.00. The molecule has 0 atom stereocenters. The van der Waals surface area contributed by atoms with Gasteiger partial charge in [-0.1, -0.05) is 50.1 Å². The minimum Gasteiger partial charge on any atom is -0.463 e. The topological polar surface area (TPSA) is 71.9 Å². The lowest BCUT2D eigenvalue weighted by atomic mass is 10.1. The van der Waals surface area contributed by atoms with Gasteiger partial charge in [0.15, 0.2) is 5.82 Å². The SMILES string of the molecule is CCCCOc1nc(N/N=C/C2=CC=CC(CC)=CC2)cc(N2CCOCC2)n1. The Hall–Kier alpha value is -2.67. The summed E-state index contributed by atoms with van der Waals surface area (Å²) in [6, 6.07) is 2.29. The van der Waals surface area contributed by atoms with Gasteiger partial charge < -0.3 is 14.4 Å². The van der Waals surface area contributed by atoms with Crippen LogP contribution in [0.2, 0.25) is 0 Å². The zero-order valence-electron chi connectivity index (χ0n) is 17.4. The van der Waals surface area contributed by atoms with E-state index in [-0.39, 0.29) is 0 Å². The van der Waals surface area contributed by atoms with Gasteiger partial charge in [-0.15, -0.1) is 0 Å². The number of anilines is 2. The Morgan fingerprint density at radius 3 is 2.93 bits per heavy atom. The van der Waals surface area contributed by atoms with Crippen LogP contribution in [0.1, 0.15) is 39.5 Å². The molecule has 0 bridgehead atoms. The van der Waals surface area contributed by atoms with Crippen molar-refractivity contribution in [3.8, 4) is 6.01 Å². The van der Waals surface area contributed by atoms with E-state index < -0.39 is 0 Å². The Morgan fingerprint density at radius 1 is 1.28 bits per heavy atom. The van der Waals surface area contributed by atoms with Crippen molar-refractivity contribution < 1.29 is 9.47 Å². The molecular formula is C22H31N5O2. The lowest BCUT2D eigenvalue weighted by molar-refractivity contribution is 0.122. The molecule has 2 heterocycles. The van der Waals surface area contributed by atoms with E-state index >= 15 is 0 Å². The van der Waals surface area contributed by atoms with E-state index in [1.807, 2.05) is 12.3 Å². The highest BCUT2D eigenvalue weighted by Crippen LogP contribution is 2.21. The zero-order chi connectivity index (χ0) is 20.3. The molecule has 156 valence electrons. The maximum absolute atomic E-state index is 5.76. The van der Waals surface area contributed by atoms with Crippen molar-refractivity contribution in [3.63, 3.8) is 0 Å². The monoisotopic (exact) mass is 397 g/mol. The average Bonchev–Trinajstić information content (AvgIpc) is 3.00. The van der Waals surface area contributed by atoms with Gasteiger partial charge in [-0.05, 0) is 24.8 Å². The van der Waals surface area contributed by atoms with E-state index in [1.54, 1.807) is 0 Å². The molecule has 0 radical (unpaired) electrons. The van der Waals surface area contributed by atoms with Crippen LogP contribution in [0.3, 0.4) is 0 Å². The minimum atomic E-state index is 0.382. The van der Waals surface area contributed by atoms with Gasteiger partial charge >= 0.3 is 6.01 Å². The van der Waals surface area contributed by atoms with Gasteiger partial charge in [-0.3, -0.25) is 5.43 Å². The van der Waals surface area contributed by atoms with Crippen molar-refractivity contribution in [2.24, 2.45) is 5.10 Å². The number of unbranched alkanes of at least 4 members (excludes halogenated alkanes) is 1. The fourth-order valence-corrected chi connectivity index (χ4v) is 3.02. The molecule has 1 aromatic rings. The van der Waals surface area contributed by atoms with Crippen LogP contribution >= 0.6 is 0 Å². The second-order valence-corrected chi connectivity index (χ2v) is 7.00. The van der Waals surface area contributed by atoms with Gasteiger partial charge in [0.2, 0.25) is 0 Å². The molecular weight excluding hydrogens is 366 g/mol. The Bertz CT molecular complexity index is 779. The lowest BCUT2D eigenvalue weighted by Gasteiger charge is -2.28. The number of ether oxygens (including phenoxy) is 2. The molecule has 1 aliphatic carbocycles. The number of hydrogen-bond donors (Lipinski definition) is 1. The molecule has 29 heavy (non-hydrogen) atoms. The summed E-state index contributed by atoms with van der Waals surface area (Å²) in [7, 11) is 0. The van der Waals surface area contributed by atoms with E-state index in [4.69, 9.17) is 9.47 Å². The third kappa shape index (κ3) is 6.71. The molecule has 1 N–H and O–H groups in total. The number of hydrazone groups is 1. The molecule has 1 aromatic heterocycles. The molecule has 0 saturated carbocycles. The summed E-state index contributed by atoms with van der Waals surface area (Å²) in [4.78, 5) is 11.2. The van der Waals surface area contributed by atoms with Gasteiger partial charge in [0.1, 0.15) is 5.82 Å². The quantitative estimate of drug-likeness (QED) is 0.384. The van der Waals surface area contributed by atoms with E-state index in [0.29, 0.717) is 31.6 Å². The van der Waals surface area contributed by atoms with Crippen LogP contribution in [-0.4, -0.2) is 49.1 Å². The van der Waals surface area contributed by atoms with E-state index in [9.17, 15) is 0 Å². The molecule has 2 aliphatic rings. The predicted molar refractivity (Wildman–Crippen MR) is 118 cm³/mol. The Kier molecular flexibility index (Phi) is 8.25. The normalized spacial score (nSPS) is 17.1. The first-order valence-electron chi connectivity index (χ1n) is 10.5. The summed E-state index contributed by atoms with van der Waals surface area (Å²) >= 11 is 0. The number of nitrogens with zero attached hydrogens (tertiary/aromatic N) is 4. The summed E-state index contributed by atoms with van der Waals surface area (Å²) in [6.07, 6.45) is 14.3. The third-order valence-electron chi connectivity index (χ3n) is 4.79. The third-order valence-corrected chi connectivity index (χ3v) is 4.79. The number of morpholine rings is 1. The first-order chi connectivity index (χ1) is 14.3. The fourth-order valence-electron chi connectivity index (χ4n) is 3.02. The molecule has 3 rings (SSSR count). The van der Waals surface area contributed by atoms with Crippen molar-refractivity contribution in [3.05, 3.63) is 41.5 Å². The molecule has 0 amide bonds. The Balaban J connectivity index is 1.69. The van der Waals surface area contributed by atoms with Crippen LogP contribution in [0.4, 0.5) is 11.6 Å². The molecule has 1 fully saturated rings. The van der Waals surface area contributed by atoms with Crippen molar-refractivity contribution in [1.82, 2.24) is 9.97 Å². The Labute approximate surface area is 173 Å². The van der Waals surface area contributed by atoms with Crippen molar-refractivity contribution in [2.45, 2.75) is 39.5 Å². The molecule has 0 aromatic carbocycles. The maximum Gasteiger partial charge on any atom is 0.320 e. The van der Waals surface area contributed by atoms with Gasteiger partial charge in [-0.2, -0.15) is 15.1 Å². The van der Waals surface area contributed by atoms with Crippen LogP contribution in [0, 0.1) is 0 Å². The van der Waals surface area contributed by atoms with Crippen molar-refractivity contribution in [2.75, 3.05) is 43.2 Å².